The first-order valence-electron chi connectivity index (χ1n) is 13.2. The van der Waals surface area contributed by atoms with Crippen LogP contribution in [0.3, 0.4) is 0 Å². The van der Waals surface area contributed by atoms with Crippen LogP contribution in [0.2, 0.25) is 5.02 Å². The molecule has 2 fully saturated rings. The zero-order valence-corrected chi connectivity index (χ0v) is 21.5. The van der Waals surface area contributed by atoms with Crippen LogP contribution in [0.5, 0.6) is 0 Å². The fourth-order valence-electron chi connectivity index (χ4n) is 6.11. The van der Waals surface area contributed by atoms with E-state index in [1.807, 2.05) is 30.4 Å². The third-order valence-corrected chi connectivity index (χ3v) is 8.12. The maximum atomic E-state index is 14.3. The minimum atomic E-state index is -1.30. The van der Waals surface area contributed by atoms with Crippen molar-refractivity contribution in [1.82, 2.24) is 4.90 Å². The van der Waals surface area contributed by atoms with E-state index in [0.717, 1.165) is 19.3 Å². The van der Waals surface area contributed by atoms with E-state index in [4.69, 9.17) is 21.1 Å². The van der Waals surface area contributed by atoms with E-state index < -0.39 is 35.6 Å². The summed E-state index contributed by atoms with van der Waals surface area (Å²) in [7, 11) is 0. The maximum absolute atomic E-state index is 14.3. The number of benzene rings is 1. The second kappa shape index (κ2) is 11.0. The van der Waals surface area contributed by atoms with Gasteiger partial charge in [-0.1, -0.05) is 48.0 Å². The maximum Gasteiger partial charge on any atom is 0.312 e. The molecule has 1 spiro atoms. The number of ether oxygens (including phenoxy) is 2. The number of para-hydroxylation sites is 1. The number of hydrogen-bond donors (Lipinski definition) is 1. The lowest BCUT2D eigenvalue weighted by molar-refractivity contribution is -0.154. The number of rotatable bonds is 6. The molecular formula is C28H33ClN2O6. The van der Waals surface area contributed by atoms with E-state index in [1.54, 1.807) is 28.0 Å². The van der Waals surface area contributed by atoms with Crippen molar-refractivity contribution >= 4 is 35.1 Å². The van der Waals surface area contributed by atoms with Gasteiger partial charge >= 0.3 is 5.97 Å². The number of nitrogens with zero attached hydrogens (tertiary/aromatic N) is 2. The van der Waals surface area contributed by atoms with Gasteiger partial charge < -0.3 is 24.4 Å². The third kappa shape index (κ3) is 4.60. The number of cyclic esters (lactones) is 1. The normalized spacial score (nSPS) is 32.4. The molecule has 198 valence electrons. The van der Waals surface area contributed by atoms with Crippen molar-refractivity contribution in [2.75, 3.05) is 31.2 Å². The Morgan fingerprint density at radius 3 is 2.70 bits per heavy atom. The fraction of sp³-hybridized carbons (Fsp3) is 0.536. The van der Waals surface area contributed by atoms with Crippen LogP contribution in [0.1, 0.15) is 38.5 Å². The Bertz CT molecular complexity index is 1110. The predicted octanol–water partition coefficient (Wildman–Crippen LogP) is 3.27. The van der Waals surface area contributed by atoms with E-state index in [-0.39, 0.29) is 25.0 Å². The van der Waals surface area contributed by atoms with Crippen molar-refractivity contribution < 1.29 is 29.0 Å². The average Bonchev–Trinajstić information content (AvgIpc) is 3.27. The smallest absolute Gasteiger partial charge is 0.312 e. The predicted molar refractivity (Wildman–Crippen MR) is 138 cm³/mol. The van der Waals surface area contributed by atoms with Gasteiger partial charge in [0.05, 0.1) is 29.3 Å². The van der Waals surface area contributed by atoms with Gasteiger partial charge in [0.1, 0.15) is 17.6 Å². The molecule has 1 unspecified atom stereocenters. The number of aliphatic hydroxyl groups excluding tert-OH is 1. The van der Waals surface area contributed by atoms with Crippen molar-refractivity contribution in [3.05, 3.63) is 53.6 Å². The van der Waals surface area contributed by atoms with Gasteiger partial charge in [0.25, 0.3) is 5.91 Å². The molecule has 0 radical (unpaired) electrons. The summed E-state index contributed by atoms with van der Waals surface area (Å²) in [5, 5.41) is 9.64. The summed E-state index contributed by atoms with van der Waals surface area (Å²) in [6.07, 6.45) is 11.3. The first-order chi connectivity index (χ1) is 18.0. The average molecular weight is 529 g/mol. The molecule has 2 amide bonds. The minimum Gasteiger partial charge on any atom is -0.465 e. The molecule has 5 atom stereocenters. The van der Waals surface area contributed by atoms with Crippen LogP contribution in [0.15, 0.2) is 48.6 Å². The highest BCUT2D eigenvalue weighted by Gasteiger charge is 2.71. The van der Waals surface area contributed by atoms with Gasteiger partial charge in [-0.05, 0) is 50.7 Å². The number of anilines is 1. The molecule has 8 nitrogen and oxygen atoms in total. The quantitative estimate of drug-likeness (QED) is 0.346. The zero-order valence-electron chi connectivity index (χ0n) is 20.8. The Morgan fingerprint density at radius 1 is 1.05 bits per heavy atom. The van der Waals surface area contributed by atoms with E-state index in [9.17, 15) is 19.5 Å². The van der Waals surface area contributed by atoms with Gasteiger partial charge in [-0.3, -0.25) is 14.4 Å². The highest BCUT2D eigenvalue weighted by Crippen LogP contribution is 2.53. The first kappa shape index (κ1) is 25.9. The van der Waals surface area contributed by atoms with Crippen LogP contribution in [0, 0.1) is 11.8 Å². The summed E-state index contributed by atoms with van der Waals surface area (Å²) >= 11 is 6.47. The zero-order chi connectivity index (χ0) is 26.0. The van der Waals surface area contributed by atoms with Gasteiger partial charge in [-0.15, -0.1) is 0 Å². The monoisotopic (exact) mass is 528 g/mol. The standard InChI is InChI=1S/C28H33ClN2O6/c29-19-11-5-6-12-20(19)30-16-10-14-28-23(22-21(37-28)13-4-1-2-9-18-36-27(22)35)25(33)31(24(28)26(30)34)15-7-3-8-17-32/h4-6,10-14,21-24,32H,1-3,7-9,15-18H2/b13-4-/t21-,22+,23-,24?,28-/m0/s1. The molecule has 37 heavy (non-hydrogen) atoms. The summed E-state index contributed by atoms with van der Waals surface area (Å²) in [6, 6.07) is 6.17. The summed E-state index contributed by atoms with van der Waals surface area (Å²) in [5.41, 5.74) is -0.739. The Kier molecular flexibility index (Phi) is 7.70. The van der Waals surface area contributed by atoms with Crippen LogP contribution < -0.4 is 4.90 Å². The number of carbonyl (C=O) groups excluding carboxylic acids is 3. The summed E-state index contributed by atoms with van der Waals surface area (Å²) in [6.45, 7) is 0.951. The van der Waals surface area contributed by atoms with Crippen molar-refractivity contribution in [1.29, 1.82) is 0 Å². The van der Waals surface area contributed by atoms with Crippen molar-refractivity contribution in [3.63, 3.8) is 0 Å². The highest BCUT2D eigenvalue weighted by molar-refractivity contribution is 6.34. The van der Waals surface area contributed by atoms with Gasteiger partial charge in [0, 0.05) is 19.7 Å². The molecule has 0 aromatic heterocycles. The Hall–Kier alpha value is -2.68. The molecular weight excluding hydrogens is 496 g/mol. The van der Waals surface area contributed by atoms with Crippen LogP contribution >= 0.6 is 11.6 Å². The largest absolute Gasteiger partial charge is 0.465 e. The van der Waals surface area contributed by atoms with Crippen molar-refractivity contribution in [2.24, 2.45) is 11.8 Å². The number of hydrogen-bond acceptors (Lipinski definition) is 6. The van der Waals surface area contributed by atoms with Gasteiger partial charge in [-0.25, -0.2) is 0 Å². The lowest BCUT2D eigenvalue weighted by Crippen LogP contribution is -2.55. The van der Waals surface area contributed by atoms with Crippen LogP contribution in [-0.4, -0.2) is 71.8 Å². The molecule has 4 heterocycles. The summed E-state index contributed by atoms with van der Waals surface area (Å²) < 4.78 is 12.2. The molecule has 9 heteroatoms. The SMILES string of the molecule is O=C1OCCCC/C=C\[C@@H]2O[C@]34C=CCN(c5ccccc5Cl)C(=O)C3N(CCCCCO)C(=O)[C@@H]4[C@H]12. The number of halogens is 1. The summed E-state index contributed by atoms with van der Waals surface area (Å²) in [4.78, 5) is 44.8. The molecule has 1 aromatic carbocycles. The second-order valence-electron chi connectivity index (χ2n) is 10.1. The molecule has 4 aliphatic rings. The molecule has 4 aliphatic heterocycles. The van der Waals surface area contributed by atoms with Gasteiger partial charge in [0.2, 0.25) is 5.91 Å². The van der Waals surface area contributed by atoms with Crippen LogP contribution in [0.25, 0.3) is 0 Å². The van der Waals surface area contributed by atoms with Crippen molar-refractivity contribution in [3.8, 4) is 0 Å². The van der Waals surface area contributed by atoms with E-state index in [1.165, 1.54) is 0 Å². The van der Waals surface area contributed by atoms with Crippen molar-refractivity contribution in [2.45, 2.75) is 56.3 Å². The van der Waals surface area contributed by atoms with Gasteiger partial charge in [-0.2, -0.15) is 0 Å². The molecule has 1 aromatic rings. The number of fused-ring (bicyclic) bond motifs is 2. The number of amides is 2. The minimum absolute atomic E-state index is 0.0664. The molecule has 1 N–H and O–H groups in total. The Balaban J connectivity index is 1.57. The number of carbonyl (C=O) groups is 3. The van der Waals surface area contributed by atoms with E-state index >= 15 is 0 Å². The highest BCUT2D eigenvalue weighted by atomic mass is 35.5. The lowest BCUT2D eigenvalue weighted by Gasteiger charge is -2.35. The number of allylic oxidation sites excluding steroid dienone is 1. The Morgan fingerprint density at radius 2 is 1.89 bits per heavy atom. The third-order valence-electron chi connectivity index (χ3n) is 7.80. The number of esters is 1. The van der Waals surface area contributed by atoms with Crippen LogP contribution in [0.4, 0.5) is 5.69 Å². The molecule has 5 rings (SSSR count). The molecule has 2 saturated heterocycles. The van der Waals surface area contributed by atoms with Crippen LogP contribution in [-0.2, 0) is 23.9 Å². The topological polar surface area (TPSA) is 96.4 Å². The number of unbranched alkanes of at least 4 members (excludes halogenated alkanes) is 2. The van der Waals surface area contributed by atoms with E-state index in [2.05, 4.69) is 0 Å². The molecule has 0 bridgehead atoms. The fourth-order valence-corrected chi connectivity index (χ4v) is 6.35. The number of likely N-dealkylation sites (tertiary alicyclic amines) is 1. The number of aliphatic hydroxyl groups is 1. The second-order valence-corrected chi connectivity index (χ2v) is 10.5. The van der Waals surface area contributed by atoms with Gasteiger partial charge in [0.15, 0.2) is 0 Å². The molecule has 0 saturated carbocycles. The first-order valence-corrected chi connectivity index (χ1v) is 13.5. The Labute approximate surface area is 221 Å². The lowest BCUT2D eigenvalue weighted by atomic mass is 9.78. The van der Waals surface area contributed by atoms with E-state index in [0.29, 0.717) is 43.1 Å². The molecule has 0 aliphatic carbocycles. The summed E-state index contributed by atoms with van der Waals surface area (Å²) in [5.74, 6) is -2.74.